The van der Waals surface area contributed by atoms with Gasteiger partial charge in [-0.3, -0.25) is 9.69 Å². The fourth-order valence-electron chi connectivity index (χ4n) is 3.89. The Balaban J connectivity index is 1.47. The predicted molar refractivity (Wildman–Crippen MR) is 107 cm³/mol. The monoisotopic (exact) mass is 394 g/mol. The van der Waals surface area contributed by atoms with E-state index in [9.17, 15) is 4.79 Å². The molecule has 1 saturated heterocycles. The lowest BCUT2D eigenvalue weighted by Gasteiger charge is -2.33. The van der Waals surface area contributed by atoms with E-state index in [-0.39, 0.29) is 11.9 Å². The van der Waals surface area contributed by atoms with Crippen molar-refractivity contribution in [3.05, 3.63) is 66.4 Å². The number of furan rings is 1. The molecule has 2 atom stereocenters. The predicted octanol–water partition coefficient (Wildman–Crippen LogP) is 2.39. The van der Waals surface area contributed by atoms with E-state index < -0.39 is 6.04 Å². The molecule has 2 aromatic heterocycles. The average molecular weight is 394 g/mol. The van der Waals surface area contributed by atoms with Crippen LogP contribution in [0, 0.1) is 0 Å². The molecular weight excluding hydrogens is 368 g/mol. The van der Waals surface area contributed by atoms with Crippen LogP contribution in [0.25, 0.3) is 0 Å². The number of piperidine rings is 1. The Hall–Kier alpha value is -3.00. The van der Waals surface area contributed by atoms with Crippen molar-refractivity contribution in [2.45, 2.75) is 37.8 Å². The summed E-state index contributed by atoms with van der Waals surface area (Å²) in [4.78, 5) is 15.5. The molecule has 1 aliphatic rings. The van der Waals surface area contributed by atoms with Crippen molar-refractivity contribution in [1.29, 1.82) is 0 Å². The number of likely N-dealkylation sites (tertiary alicyclic amines) is 1. The molecule has 8 nitrogen and oxygen atoms in total. The van der Waals surface area contributed by atoms with Crippen LogP contribution in [0.1, 0.15) is 42.7 Å². The van der Waals surface area contributed by atoms with E-state index in [4.69, 9.17) is 4.42 Å². The summed E-state index contributed by atoms with van der Waals surface area (Å²) in [5.74, 6) is 0.781. The molecule has 1 amide bonds. The molecule has 1 fully saturated rings. The molecule has 0 aliphatic carbocycles. The van der Waals surface area contributed by atoms with Gasteiger partial charge in [0, 0.05) is 13.0 Å². The maximum Gasteiger partial charge on any atom is 0.245 e. The minimum Gasteiger partial charge on any atom is -0.468 e. The summed E-state index contributed by atoms with van der Waals surface area (Å²) in [6.45, 7) is 2.52. The molecule has 3 aromatic rings. The second-order valence-corrected chi connectivity index (χ2v) is 7.37. The molecule has 0 spiro atoms. The maximum atomic E-state index is 13.1. The lowest BCUT2D eigenvalue weighted by atomic mass is 10.0. The lowest BCUT2D eigenvalue weighted by Crippen LogP contribution is -2.42. The number of benzene rings is 1. The van der Waals surface area contributed by atoms with Crippen molar-refractivity contribution in [3.63, 3.8) is 0 Å². The number of carbonyl (C=O) groups excluding carboxylic acids is 1. The van der Waals surface area contributed by atoms with Crippen LogP contribution in [0.5, 0.6) is 0 Å². The fourth-order valence-corrected chi connectivity index (χ4v) is 3.89. The van der Waals surface area contributed by atoms with E-state index in [1.807, 2.05) is 42.5 Å². The van der Waals surface area contributed by atoms with Crippen molar-refractivity contribution in [2.75, 3.05) is 19.6 Å². The molecule has 4 rings (SSSR count). The van der Waals surface area contributed by atoms with Gasteiger partial charge in [0.25, 0.3) is 0 Å². The molecule has 0 radical (unpaired) electrons. The zero-order valence-electron chi connectivity index (χ0n) is 16.4. The summed E-state index contributed by atoms with van der Waals surface area (Å²) in [5, 5.41) is 14.5. The Labute approximate surface area is 169 Å². The van der Waals surface area contributed by atoms with E-state index in [0.717, 1.165) is 24.4 Å². The van der Waals surface area contributed by atoms with Crippen LogP contribution in [0.15, 0.2) is 59.5 Å². The Morgan fingerprint density at radius 1 is 1.10 bits per heavy atom. The SMILES string of the molecule is O=C(NCC(c1ccco1)N1CCCCC1)C(Cc1ccccc1)n1cnnn1. The summed E-state index contributed by atoms with van der Waals surface area (Å²) < 4.78 is 7.20. The largest absolute Gasteiger partial charge is 0.468 e. The first kappa shape index (κ1) is 19.3. The van der Waals surface area contributed by atoms with Gasteiger partial charge in [-0.05, 0) is 54.1 Å². The van der Waals surface area contributed by atoms with Gasteiger partial charge < -0.3 is 9.73 Å². The third-order valence-electron chi connectivity index (χ3n) is 5.43. The molecule has 8 heteroatoms. The van der Waals surface area contributed by atoms with E-state index in [0.29, 0.717) is 13.0 Å². The lowest BCUT2D eigenvalue weighted by molar-refractivity contribution is -0.125. The van der Waals surface area contributed by atoms with Crippen LogP contribution >= 0.6 is 0 Å². The van der Waals surface area contributed by atoms with Gasteiger partial charge in [-0.2, -0.15) is 0 Å². The van der Waals surface area contributed by atoms with Gasteiger partial charge in [0.1, 0.15) is 18.1 Å². The number of carbonyl (C=O) groups is 1. The molecule has 0 saturated carbocycles. The smallest absolute Gasteiger partial charge is 0.245 e. The quantitative estimate of drug-likeness (QED) is 0.631. The van der Waals surface area contributed by atoms with Crippen molar-refractivity contribution in [2.24, 2.45) is 0 Å². The van der Waals surface area contributed by atoms with Crippen LogP contribution in [0.4, 0.5) is 0 Å². The first-order valence-corrected chi connectivity index (χ1v) is 10.1. The molecule has 3 heterocycles. The number of nitrogens with zero attached hydrogens (tertiary/aromatic N) is 5. The first-order valence-electron chi connectivity index (χ1n) is 10.1. The van der Waals surface area contributed by atoms with Gasteiger partial charge in [-0.15, -0.1) is 5.10 Å². The highest BCUT2D eigenvalue weighted by molar-refractivity contribution is 5.80. The van der Waals surface area contributed by atoms with Gasteiger partial charge in [-0.25, -0.2) is 4.68 Å². The third kappa shape index (κ3) is 4.89. The van der Waals surface area contributed by atoms with Gasteiger partial charge >= 0.3 is 0 Å². The van der Waals surface area contributed by atoms with E-state index in [2.05, 4.69) is 25.7 Å². The standard InChI is InChI=1S/C21H26N6O2/c28-21(18(27-16-23-24-25-27)14-17-8-3-1-4-9-17)22-15-19(20-10-7-13-29-20)26-11-5-2-6-12-26/h1,3-4,7-10,13,16,18-19H,2,5-6,11-12,14-15H2,(H,22,28). The number of nitrogens with one attached hydrogen (secondary N) is 1. The Morgan fingerprint density at radius 2 is 1.93 bits per heavy atom. The summed E-state index contributed by atoms with van der Waals surface area (Å²) in [5.41, 5.74) is 1.06. The Morgan fingerprint density at radius 3 is 2.62 bits per heavy atom. The minimum absolute atomic E-state index is 0.0282. The number of tetrazole rings is 1. The van der Waals surface area contributed by atoms with Crippen LogP contribution in [-0.4, -0.2) is 50.6 Å². The average Bonchev–Trinajstić information content (AvgIpc) is 3.48. The summed E-state index contributed by atoms with van der Waals surface area (Å²) >= 11 is 0. The summed E-state index contributed by atoms with van der Waals surface area (Å²) in [6.07, 6.45) is 7.30. The first-order chi connectivity index (χ1) is 14.3. The number of hydrogen-bond acceptors (Lipinski definition) is 6. The normalized spacial score (nSPS) is 17.0. The zero-order valence-corrected chi connectivity index (χ0v) is 16.4. The Bertz CT molecular complexity index is 860. The van der Waals surface area contributed by atoms with Gasteiger partial charge in [0.15, 0.2) is 0 Å². The number of hydrogen-bond donors (Lipinski definition) is 1. The van der Waals surface area contributed by atoms with E-state index in [1.165, 1.54) is 30.3 Å². The van der Waals surface area contributed by atoms with Crippen LogP contribution in [0.3, 0.4) is 0 Å². The van der Waals surface area contributed by atoms with Crippen LogP contribution < -0.4 is 5.32 Å². The minimum atomic E-state index is -0.508. The van der Waals surface area contributed by atoms with Crippen LogP contribution in [-0.2, 0) is 11.2 Å². The maximum absolute atomic E-state index is 13.1. The van der Waals surface area contributed by atoms with Gasteiger partial charge in [0.05, 0.1) is 12.3 Å². The van der Waals surface area contributed by atoms with Gasteiger partial charge in [-0.1, -0.05) is 36.8 Å². The molecule has 1 aliphatic heterocycles. The van der Waals surface area contributed by atoms with Crippen molar-refractivity contribution < 1.29 is 9.21 Å². The molecule has 1 aromatic carbocycles. The van der Waals surface area contributed by atoms with Crippen molar-refractivity contribution in [1.82, 2.24) is 30.4 Å². The molecule has 152 valence electrons. The van der Waals surface area contributed by atoms with Crippen molar-refractivity contribution in [3.8, 4) is 0 Å². The zero-order chi connectivity index (χ0) is 19.9. The summed E-state index contributed by atoms with van der Waals surface area (Å²) in [7, 11) is 0. The molecule has 0 bridgehead atoms. The summed E-state index contributed by atoms with van der Waals surface area (Å²) in [6, 6.07) is 13.3. The van der Waals surface area contributed by atoms with Crippen molar-refractivity contribution >= 4 is 5.91 Å². The molecular formula is C21H26N6O2. The number of amides is 1. The fraction of sp³-hybridized carbons (Fsp3) is 0.429. The second kappa shape index (κ2) is 9.47. The Kier molecular flexibility index (Phi) is 6.31. The number of aromatic nitrogens is 4. The molecule has 29 heavy (non-hydrogen) atoms. The highest BCUT2D eigenvalue weighted by Gasteiger charge is 2.27. The third-order valence-corrected chi connectivity index (χ3v) is 5.43. The molecule has 1 N–H and O–H groups in total. The number of rotatable bonds is 8. The highest BCUT2D eigenvalue weighted by atomic mass is 16.3. The second-order valence-electron chi connectivity index (χ2n) is 7.37. The highest BCUT2D eigenvalue weighted by Crippen LogP contribution is 2.25. The van der Waals surface area contributed by atoms with Gasteiger partial charge in [0.2, 0.25) is 5.91 Å². The van der Waals surface area contributed by atoms with Crippen LogP contribution in [0.2, 0.25) is 0 Å². The molecule has 2 unspecified atom stereocenters. The van der Waals surface area contributed by atoms with E-state index in [1.54, 1.807) is 6.26 Å². The topological polar surface area (TPSA) is 89.1 Å². The van der Waals surface area contributed by atoms with E-state index >= 15 is 0 Å².